The van der Waals surface area contributed by atoms with Gasteiger partial charge in [-0.1, -0.05) is 6.92 Å². The lowest BCUT2D eigenvalue weighted by molar-refractivity contribution is 0.0697. The average Bonchev–Trinajstić information content (AvgIpc) is 3.06. The molecule has 0 aromatic carbocycles. The van der Waals surface area contributed by atoms with Crippen molar-refractivity contribution in [3.63, 3.8) is 0 Å². The number of ether oxygens (including phenoxy) is 1. The Morgan fingerprint density at radius 2 is 1.97 bits per heavy atom. The summed E-state index contributed by atoms with van der Waals surface area (Å²) < 4.78 is 38.0. The van der Waals surface area contributed by atoms with E-state index < -0.39 is 10.0 Å². The molecule has 0 N–H and O–H groups in total. The van der Waals surface area contributed by atoms with Gasteiger partial charge >= 0.3 is 0 Å². The second-order valence-corrected chi connectivity index (χ2v) is 9.40. The number of piperazine rings is 1. The smallest absolute Gasteiger partial charge is 0.265 e. The van der Waals surface area contributed by atoms with Crippen LogP contribution >= 0.6 is 0 Å². The van der Waals surface area contributed by atoms with Gasteiger partial charge in [0.1, 0.15) is 17.5 Å². The zero-order chi connectivity index (χ0) is 21.9. The van der Waals surface area contributed by atoms with E-state index in [-0.39, 0.29) is 60.1 Å². The number of furan rings is 1. The van der Waals surface area contributed by atoms with Gasteiger partial charge in [0, 0.05) is 46.4 Å². The molecule has 10 nitrogen and oxygen atoms in total. The summed E-state index contributed by atoms with van der Waals surface area (Å²) in [6.07, 6.45) is 2.60. The number of sulfonamides is 1. The van der Waals surface area contributed by atoms with Crippen molar-refractivity contribution in [1.82, 2.24) is 18.8 Å². The highest BCUT2D eigenvalue weighted by atomic mass is 32.2. The predicted octanol–water partition coefficient (Wildman–Crippen LogP) is 0.832. The molecule has 11 heteroatoms. The molecular formula is C19H28N4O6S. The third-order valence-electron chi connectivity index (χ3n) is 5.20. The van der Waals surface area contributed by atoms with Crippen LogP contribution in [0.1, 0.15) is 35.9 Å². The Morgan fingerprint density at radius 1 is 1.27 bits per heavy atom. The van der Waals surface area contributed by atoms with E-state index in [4.69, 9.17) is 9.15 Å². The number of carbonyl (C=O) groups is 1. The Hall–Kier alpha value is -2.24. The van der Waals surface area contributed by atoms with Gasteiger partial charge in [0.15, 0.2) is 0 Å². The van der Waals surface area contributed by atoms with E-state index in [1.165, 1.54) is 15.2 Å². The van der Waals surface area contributed by atoms with Crippen LogP contribution in [0.15, 0.2) is 15.5 Å². The highest BCUT2D eigenvalue weighted by Gasteiger charge is 2.32. The first-order valence-corrected chi connectivity index (χ1v) is 11.7. The fourth-order valence-corrected chi connectivity index (χ4v) is 5.14. The largest absolute Gasteiger partial charge is 0.442 e. The minimum Gasteiger partial charge on any atom is -0.442 e. The fraction of sp³-hybridized carbons (Fsp3) is 0.632. The quantitative estimate of drug-likeness (QED) is 0.559. The van der Waals surface area contributed by atoms with Crippen LogP contribution in [-0.4, -0.2) is 78.7 Å². The van der Waals surface area contributed by atoms with Crippen LogP contribution < -0.4 is 5.56 Å². The number of hydrogen-bond donors (Lipinski definition) is 0. The number of methoxy groups -OCH3 is 1. The summed E-state index contributed by atoms with van der Waals surface area (Å²) in [7, 11) is -1.71. The van der Waals surface area contributed by atoms with Crippen LogP contribution in [0.3, 0.4) is 0 Å². The van der Waals surface area contributed by atoms with Crippen molar-refractivity contribution in [2.45, 2.75) is 33.2 Å². The molecule has 0 saturated carbocycles. The van der Waals surface area contributed by atoms with E-state index in [9.17, 15) is 18.0 Å². The average molecular weight is 441 g/mol. The zero-order valence-corrected chi connectivity index (χ0v) is 18.4. The lowest BCUT2D eigenvalue weighted by atomic mass is 10.1. The molecular weight excluding hydrogens is 412 g/mol. The molecule has 0 bridgehead atoms. The first-order valence-electron chi connectivity index (χ1n) is 10.0. The normalized spacial score (nSPS) is 15.8. The van der Waals surface area contributed by atoms with Crippen molar-refractivity contribution in [2.24, 2.45) is 0 Å². The molecule has 30 heavy (non-hydrogen) atoms. The van der Waals surface area contributed by atoms with Crippen molar-refractivity contribution in [2.75, 3.05) is 45.6 Å². The Kier molecular flexibility index (Phi) is 6.94. The topological polar surface area (TPSA) is 115 Å². The van der Waals surface area contributed by atoms with E-state index in [0.29, 0.717) is 31.8 Å². The lowest BCUT2D eigenvalue weighted by Crippen LogP contribution is -2.51. The van der Waals surface area contributed by atoms with Gasteiger partial charge in [-0.15, -0.1) is 0 Å². The van der Waals surface area contributed by atoms with Gasteiger partial charge < -0.3 is 14.1 Å². The van der Waals surface area contributed by atoms with Crippen molar-refractivity contribution >= 4 is 27.0 Å². The van der Waals surface area contributed by atoms with Gasteiger partial charge in [0.2, 0.25) is 15.7 Å². The standard InChI is InChI=1S/C19H28N4O6S/c1-4-12-30(26,27)23-9-7-21(8-10-23)18(24)15-14(2)29-17-16(15)19(25)22(13-20-17)6-5-11-28-3/h13H,4-12H2,1-3H3. The van der Waals surface area contributed by atoms with Crippen LogP contribution in [0.25, 0.3) is 11.1 Å². The minimum absolute atomic E-state index is 0.0979. The summed E-state index contributed by atoms with van der Waals surface area (Å²) in [6.45, 7) is 5.37. The molecule has 3 rings (SSSR count). The van der Waals surface area contributed by atoms with E-state index in [2.05, 4.69) is 4.98 Å². The van der Waals surface area contributed by atoms with Crippen LogP contribution in [0, 0.1) is 6.92 Å². The maximum atomic E-state index is 13.2. The molecule has 1 aliphatic heterocycles. The molecule has 1 aliphatic rings. The number of nitrogens with zero attached hydrogens (tertiary/aromatic N) is 4. The molecule has 0 atom stereocenters. The number of fused-ring (bicyclic) bond motifs is 1. The summed E-state index contributed by atoms with van der Waals surface area (Å²) >= 11 is 0. The molecule has 1 fully saturated rings. The highest BCUT2D eigenvalue weighted by molar-refractivity contribution is 7.89. The lowest BCUT2D eigenvalue weighted by Gasteiger charge is -2.34. The van der Waals surface area contributed by atoms with E-state index in [1.807, 2.05) is 6.92 Å². The van der Waals surface area contributed by atoms with Crippen molar-refractivity contribution in [3.05, 3.63) is 28.0 Å². The SMILES string of the molecule is CCCS(=O)(=O)N1CCN(C(=O)c2c(C)oc3ncn(CCCOC)c(=O)c23)CC1. The first-order chi connectivity index (χ1) is 14.3. The molecule has 0 radical (unpaired) electrons. The van der Waals surface area contributed by atoms with Gasteiger partial charge in [0.05, 0.1) is 11.3 Å². The number of aryl methyl sites for hydroxylation is 2. The second-order valence-electron chi connectivity index (χ2n) is 7.31. The van der Waals surface area contributed by atoms with Gasteiger partial charge in [-0.25, -0.2) is 13.4 Å². The maximum absolute atomic E-state index is 13.2. The summed E-state index contributed by atoms with van der Waals surface area (Å²) in [5, 5.41) is 0.165. The first kappa shape index (κ1) is 22.4. The molecule has 166 valence electrons. The van der Waals surface area contributed by atoms with E-state index in [1.54, 1.807) is 18.9 Å². The molecule has 1 saturated heterocycles. The number of amides is 1. The molecule has 0 unspecified atom stereocenters. The van der Waals surface area contributed by atoms with Crippen LogP contribution in [0.5, 0.6) is 0 Å². The van der Waals surface area contributed by atoms with Crippen molar-refractivity contribution < 1.29 is 22.4 Å². The predicted molar refractivity (Wildman–Crippen MR) is 111 cm³/mol. The number of rotatable bonds is 8. The van der Waals surface area contributed by atoms with Crippen LogP contribution in [0.4, 0.5) is 0 Å². The van der Waals surface area contributed by atoms with Crippen molar-refractivity contribution in [1.29, 1.82) is 0 Å². The monoisotopic (exact) mass is 440 g/mol. The Labute approximate surface area is 175 Å². The van der Waals surface area contributed by atoms with Crippen LogP contribution in [0.2, 0.25) is 0 Å². The third kappa shape index (κ3) is 4.42. The summed E-state index contributed by atoms with van der Waals surface area (Å²) in [5.74, 6) is 0.0864. The number of hydrogen-bond acceptors (Lipinski definition) is 7. The fourth-order valence-electron chi connectivity index (χ4n) is 3.65. The van der Waals surface area contributed by atoms with Gasteiger partial charge in [-0.2, -0.15) is 4.31 Å². The number of carbonyl (C=O) groups excluding carboxylic acids is 1. The van der Waals surface area contributed by atoms with E-state index in [0.717, 1.165) is 0 Å². The maximum Gasteiger partial charge on any atom is 0.265 e. The summed E-state index contributed by atoms with van der Waals surface area (Å²) in [6, 6.07) is 0. The Bertz CT molecular complexity index is 1070. The van der Waals surface area contributed by atoms with Crippen LogP contribution in [-0.2, 0) is 21.3 Å². The van der Waals surface area contributed by atoms with Gasteiger partial charge in [-0.3, -0.25) is 14.2 Å². The molecule has 3 heterocycles. The minimum atomic E-state index is -3.30. The van der Waals surface area contributed by atoms with E-state index >= 15 is 0 Å². The second kappa shape index (κ2) is 9.27. The molecule has 2 aromatic rings. The zero-order valence-electron chi connectivity index (χ0n) is 17.6. The highest BCUT2D eigenvalue weighted by Crippen LogP contribution is 2.23. The molecule has 1 amide bonds. The molecule has 0 spiro atoms. The van der Waals surface area contributed by atoms with Gasteiger partial charge in [-0.05, 0) is 19.8 Å². The summed E-state index contributed by atoms with van der Waals surface area (Å²) in [4.78, 5) is 31.9. The molecule has 2 aromatic heterocycles. The number of aromatic nitrogens is 2. The Morgan fingerprint density at radius 3 is 2.60 bits per heavy atom. The Balaban J connectivity index is 1.84. The van der Waals surface area contributed by atoms with Crippen molar-refractivity contribution in [3.8, 4) is 0 Å². The van der Waals surface area contributed by atoms with Gasteiger partial charge in [0.25, 0.3) is 11.5 Å². The third-order valence-corrected chi connectivity index (χ3v) is 7.27. The summed E-state index contributed by atoms with van der Waals surface area (Å²) in [5.41, 5.74) is 0.00178. The molecule has 0 aliphatic carbocycles.